The van der Waals surface area contributed by atoms with Crippen LogP contribution in [0.1, 0.15) is 35.8 Å². The van der Waals surface area contributed by atoms with Gasteiger partial charge in [0, 0.05) is 18.4 Å². The molecule has 0 amide bonds. The number of Topliss-reactive ketones (excluding diaryl/α,β-unsaturated/α-hetero) is 1. The van der Waals surface area contributed by atoms with Crippen LogP contribution in [0.25, 0.3) is 0 Å². The Bertz CT molecular complexity index is 1100. The number of carbonyl (C=O) groups is 1. The molecule has 0 aromatic heterocycles. The van der Waals surface area contributed by atoms with Crippen LogP contribution in [0.4, 0.5) is 0 Å². The summed E-state index contributed by atoms with van der Waals surface area (Å²) in [5.74, 6) is 1.05. The van der Waals surface area contributed by atoms with Crippen molar-refractivity contribution in [3.05, 3.63) is 82.4 Å². The molecule has 6 heteroatoms. The first kappa shape index (κ1) is 19.6. The van der Waals surface area contributed by atoms with Gasteiger partial charge in [0.25, 0.3) is 0 Å². The van der Waals surface area contributed by atoms with Crippen molar-refractivity contribution in [2.24, 2.45) is 5.73 Å². The minimum absolute atomic E-state index is 0.0138. The fourth-order valence-corrected chi connectivity index (χ4v) is 4.23. The van der Waals surface area contributed by atoms with Crippen LogP contribution >= 0.6 is 0 Å². The van der Waals surface area contributed by atoms with Crippen LogP contribution in [0.3, 0.4) is 0 Å². The third-order valence-electron chi connectivity index (χ3n) is 5.67. The predicted molar refractivity (Wildman–Crippen MR) is 111 cm³/mol. The van der Waals surface area contributed by atoms with Crippen LogP contribution in [0, 0.1) is 11.3 Å². The van der Waals surface area contributed by atoms with Gasteiger partial charge in [0.05, 0.1) is 20.1 Å². The lowest BCUT2D eigenvalue weighted by Crippen LogP contribution is -2.29. The highest BCUT2D eigenvalue weighted by Crippen LogP contribution is 2.47. The molecule has 30 heavy (non-hydrogen) atoms. The Hall–Kier alpha value is -3.72. The SMILES string of the molecule is COc1ccc([C@H]2C(C#N)=C(N)OC3=C2C(=O)C[C@@H](c2ccccc2)C3)cc1OC. The van der Waals surface area contributed by atoms with E-state index in [0.717, 1.165) is 11.1 Å². The lowest BCUT2D eigenvalue weighted by molar-refractivity contribution is -0.117. The molecule has 6 nitrogen and oxygen atoms in total. The molecule has 0 bridgehead atoms. The van der Waals surface area contributed by atoms with Gasteiger partial charge in [0.1, 0.15) is 17.4 Å². The third kappa shape index (κ3) is 3.29. The van der Waals surface area contributed by atoms with Crippen molar-refractivity contribution >= 4 is 5.78 Å². The summed E-state index contributed by atoms with van der Waals surface area (Å²) in [7, 11) is 3.10. The molecule has 2 aliphatic rings. The summed E-state index contributed by atoms with van der Waals surface area (Å²) in [5, 5.41) is 9.77. The van der Waals surface area contributed by atoms with Crippen LogP contribution in [0.5, 0.6) is 11.5 Å². The highest BCUT2D eigenvalue weighted by Gasteiger charge is 2.41. The van der Waals surface area contributed by atoms with Crippen LogP contribution in [-0.4, -0.2) is 20.0 Å². The van der Waals surface area contributed by atoms with E-state index in [2.05, 4.69) is 6.07 Å². The average Bonchev–Trinajstić information content (AvgIpc) is 2.78. The number of methoxy groups -OCH3 is 2. The van der Waals surface area contributed by atoms with E-state index in [9.17, 15) is 10.1 Å². The van der Waals surface area contributed by atoms with Crippen molar-refractivity contribution in [3.63, 3.8) is 0 Å². The normalized spacial score (nSPS) is 20.9. The van der Waals surface area contributed by atoms with Gasteiger partial charge in [-0.15, -0.1) is 0 Å². The highest BCUT2D eigenvalue weighted by molar-refractivity contribution is 6.00. The van der Waals surface area contributed by atoms with Crippen LogP contribution < -0.4 is 15.2 Å². The maximum absolute atomic E-state index is 13.3. The second kappa shape index (κ2) is 7.96. The maximum Gasteiger partial charge on any atom is 0.205 e. The predicted octanol–water partition coefficient (Wildman–Crippen LogP) is 3.91. The third-order valence-corrected chi connectivity index (χ3v) is 5.67. The number of rotatable bonds is 4. The van der Waals surface area contributed by atoms with E-state index in [-0.39, 0.29) is 23.2 Å². The summed E-state index contributed by atoms with van der Waals surface area (Å²) >= 11 is 0. The maximum atomic E-state index is 13.3. The van der Waals surface area contributed by atoms with Crippen molar-refractivity contribution < 1.29 is 19.0 Å². The quantitative estimate of drug-likeness (QED) is 0.833. The summed E-state index contributed by atoms with van der Waals surface area (Å²) in [4.78, 5) is 13.3. The Morgan fingerprint density at radius 1 is 1.03 bits per heavy atom. The first-order chi connectivity index (χ1) is 14.6. The van der Waals surface area contributed by atoms with Crippen molar-refractivity contribution in [2.45, 2.75) is 24.7 Å². The molecule has 1 aliphatic heterocycles. The average molecular weight is 402 g/mol. The summed E-state index contributed by atoms with van der Waals surface area (Å²) < 4.78 is 16.5. The molecule has 0 radical (unpaired) electrons. The number of hydrogen-bond acceptors (Lipinski definition) is 6. The number of nitriles is 1. The largest absolute Gasteiger partial charge is 0.493 e. The monoisotopic (exact) mass is 402 g/mol. The Labute approximate surface area is 175 Å². The number of allylic oxidation sites excluding steroid dienone is 3. The lowest BCUT2D eigenvalue weighted by Gasteiger charge is -2.34. The molecular weight excluding hydrogens is 380 g/mol. The van der Waals surface area contributed by atoms with Gasteiger partial charge in [0.2, 0.25) is 5.88 Å². The summed E-state index contributed by atoms with van der Waals surface area (Å²) in [6.45, 7) is 0. The van der Waals surface area contributed by atoms with Gasteiger partial charge in [0.15, 0.2) is 17.3 Å². The molecule has 0 saturated carbocycles. The Morgan fingerprint density at radius 2 is 1.77 bits per heavy atom. The zero-order valence-electron chi connectivity index (χ0n) is 16.8. The molecule has 1 heterocycles. The van der Waals surface area contributed by atoms with Gasteiger partial charge >= 0.3 is 0 Å². The molecule has 2 aromatic carbocycles. The highest BCUT2D eigenvalue weighted by atomic mass is 16.5. The van der Waals surface area contributed by atoms with Crippen LogP contribution in [-0.2, 0) is 9.53 Å². The number of nitrogens with two attached hydrogens (primary N) is 1. The van der Waals surface area contributed by atoms with Gasteiger partial charge in [-0.05, 0) is 29.2 Å². The summed E-state index contributed by atoms with van der Waals surface area (Å²) in [5.41, 5.74) is 8.66. The topological polar surface area (TPSA) is 94.6 Å². The number of ether oxygens (including phenoxy) is 3. The van der Waals surface area contributed by atoms with Gasteiger partial charge < -0.3 is 19.9 Å². The van der Waals surface area contributed by atoms with Crippen molar-refractivity contribution in [1.29, 1.82) is 5.26 Å². The minimum Gasteiger partial charge on any atom is -0.493 e. The zero-order valence-corrected chi connectivity index (χ0v) is 16.8. The van der Waals surface area contributed by atoms with Crippen LogP contribution in [0.2, 0.25) is 0 Å². The smallest absolute Gasteiger partial charge is 0.205 e. The molecule has 0 saturated heterocycles. The fraction of sp³-hybridized carbons (Fsp3) is 0.250. The van der Waals surface area contributed by atoms with Crippen molar-refractivity contribution in [3.8, 4) is 17.6 Å². The van der Waals surface area contributed by atoms with Gasteiger partial charge in [-0.3, -0.25) is 4.79 Å². The number of ketones is 1. The van der Waals surface area contributed by atoms with Crippen molar-refractivity contribution in [1.82, 2.24) is 0 Å². The standard InChI is InChI=1S/C24H22N2O4/c1-28-19-9-8-15(11-20(19)29-2)22-17(13-25)24(26)30-21-12-16(10-18(27)23(21)22)14-6-4-3-5-7-14/h3-9,11,16,22H,10,12,26H2,1-2H3/t16-,22+/m1/s1. The van der Waals surface area contributed by atoms with E-state index in [4.69, 9.17) is 19.9 Å². The number of hydrogen-bond donors (Lipinski definition) is 1. The Kier molecular flexibility index (Phi) is 5.20. The Balaban J connectivity index is 1.80. The number of nitrogens with zero attached hydrogens (tertiary/aromatic N) is 1. The van der Waals surface area contributed by atoms with Gasteiger partial charge in [-0.25, -0.2) is 0 Å². The second-order valence-electron chi connectivity index (χ2n) is 7.32. The zero-order chi connectivity index (χ0) is 21.3. The molecule has 2 aromatic rings. The molecule has 2 atom stereocenters. The first-order valence-electron chi connectivity index (χ1n) is 9.68. The molecule has 0 spiro atoms. The van der Waals surface area contributed by atoms with E-state index < -0.39 is 5.92 Å². The van der Waals surface area contributed by atoms with E-state index in [1.54, 1.807) is 26.4 Å². The van der Waals surface area contributed by atoms with Gasteiger partial charge in [-0.1, -0.05) is 36.4 Å². The molecule has 4 rings (SSSR count). The molecule has 152 valence electrons. The van der Waals surface area contributed by atoms with E-state index in [0.29, 0.717) is 35.7 Å². The number of benzene rings is 2. The molecule has 2 N–H and O–H groups in total. The van der Waals surface area contributed by atoms with Crippen molar-refractivity contribution in [2.75, 3.05) is 14.2 Å². The second-order valence-corrected chi connectivity index (χ2v) is 7.32. The Morgan fingerprint density at radius 3 is 2.43 bits per heavy atom. The summed E-state index contributed by atoms with van der Waals surface area (Å²) in [6.07, 6.45) is 0.906. The van der Waals surface area contributed by atoms with E-state index in [1.807, 2.05) is 36.4 Å². The number of carbonyl (C=O) groups excluding carboxylic acids is 1. The lowest BCUT2D eigenvalue weighted by atomic mass is 9.73. The van der Waals surface area contributed by atoms with Crippen LogP contribution in [0.15, 0.2) is 71.3 Å². The van der Waals surface area contributed by atoms with E-state index >= 15 is 0 Å². The van der Waals surface area contributed by atoms with Gasteiger partial charge in [-0.2, -0.15) is 5.26 Å². The fourth-order valence-electron chi connectivity index (χ4n) is 4.23. The molecule has 0 fully saturated rings. The van der Waals surface area contributed by atoms with E-state index in [1.165, 1.54) is 0 Å². The molecule has 0 unspecified atom stereocenters. The summed E-state index contributed by atoms with van der Waals surface area (Å²) in [6, 6.07) is 17.4. The minimum atomic E-state index is -0.595. The molecular formula is C24H22N2O4. The first-order valence-corrected chi connectivity index (χ1v) is 9.68. The molecule has 1 aliphatic carbocycles.